The van der Waals surface area contributed by atoms with E-state index >= 15 is 0 Å². The normalized spacial score (nSPS) is 19.2. The molecule has 1 fully saturated rings. The number of H-pyrrole nitrogens is 1. The van der Waals surface area contributed by atoms with Crippen molar-refractivity contribution in [1.29, 1.82) is 0 Å². The summed E-state index contributed by atoms with van der Waals surface area (Å²) in [4.78, 5) is 31.7. The first-order valence-corrected chi connectivity index (χ1v) is 11.4. The monoisotopic (exact) mass is 455 g/mol. The number of aromatic amines is 1. The molecule has 0 unspecified atom stereocenters. The fourth-order valence-corrected chi connectivity index (χ4v) is 4.75. The summed E-state index contributed by atoms with van der Waals surface area (Å²) in [6.45, 7) is 2.97. The minimum atomic E-state index is -0.334. The summed E-state index contributed by atoms with van der Waals surface area (Å²) in [7, 11) is 1.90. The molecule has 1 amide bonds. The molecule has 1 aliphatic heterocycles. The van der Waals surface area contributed by atoms with Crippen molar-refractivity contribution in [2.75, 3.05) is 0 Å². The van der Waals surface area contributed by atoms with Crippen molar-refractivity contribution in [1.82, 2.24) is 34.6 Å². The summed E-state index contributed by atoms with van der Waals surface area (Å²) in [5.41, 5.74) is 7.10. The standard InChI is InChI=1S/C25H25N7O2/c1-14-4-3-5-19(27-14)23-18(11-31(2)30-23)15-6-7-26-20(10-15)24-28-21-12-32(13-22(21)29-24)25(34)16-8-17(33)9-16/h3-7,10-11,16-17,33H,8-9,12-13H2,1-2H3,(H,28,29). The zero-order valence-electron chi connectivity index (χ0n) is 19.1. The Morgan fingerprint density at radius 3 is 2.76 bits per heavy atom. The summed E-state index contributed by atoms with van der Waals surface area (Å²) in [6.07, 6.45) is 4.55. The number of fused-ring (bicyclic) bond motifs is 1. The van der Waals surface area contributed by atoms with E-state index in [2.05, 4.69) is 20.1 Å². The molecule has 1 aliphatic carbocycles. The molecule has 6 rings (SSSR count). The van der Waals surface area contributed by atoms with Crippen LogP contribution < -0.4 is 0 Å². The summed E-state index contributed by atoms with van der Waals surface area (Å²) in [5, 5.41) is 14.2. The van der Waals surface area contributed by atoms with Crippen LogP contribution in [0.4, 0.5) is 0 Å². The molecule has 34 heavy (non-hydrogen) atoms. The van der Waals surface area contributed by atoms with Crippen molar-refractivity contribution in [3.8, 4) is 34.0 Å². The molecular weight excluding hydrogens is 430 g/mol. The van der Waals surface area contributed by atoms with Crippen LogP contribution in [-0.2, 0) is 24.9 Å². The van der Waals surface area contributed by atoms with E-state index in [1.807, 2.05) is 55.4 Å². The predicted octanol–water partition coefficient (Wildman–Crippen LogP) is 2.86. The van der Waals surface area contributed by atoms with E-state index in [9.17, 15) is 9.90 Å². The van der Waals surface area contributed by atoms with E-state index in [0.717, 1.165) is 45.3 Å². The Kier molecular flexibility index (Phi) is 4.80. The Hall–Kier alpha value is -3.85. The first kappa shape index (κ1) is 20.7. The number of rotatable bonds is 4. The molecule has 172 valence electrons. The molecule has 0 spiro atoms. The van der Waals surface area contributed by atoms with Gasteiger partial charge in [0.1, 0.15) is 11.4 Å². The van der Waals surface area contributed by atoms with Crippen LogP contribution in [0.15, 0.2) is 42.7 Å². The molecule has 9 heteroatoms. The maximum absolute atomic E-state index is 12.6. The lowest BCUT2D eigenvalue weighted by Gasteiger charge is -2.33. The maximum atomic E-state index is 12.6. The molecule has 9 nitrogen and oxygen atoms in total. The highest BCUT2D eigenvalue weighted by Gasteiger charge is 2.38. The molecule has 5 heterocycles. The highest BCUT2D eigenvalue weighted by molar-refractivity contribution is 5.81. The number of imidazole rings is 1. The largest absolute Gasteiger partial charge is 0.393 e. The molecule has 0 aromatic carbocycles. The van der Waals surface area contributed by atoms with Crippen molar-refractivity contribution in [3.05, 3.63) is 59.8 Å². The number of carbonyl (C=O) groups is 1. The molecule has 0 bridgehead atoms. The van der Waals surface area contributed by atoms with Crippen LogP contribution in [0.2, 0.25) is 0 Å². The Labute approximate surface area is 196 Å². The van der Waals surface area contributed by atoms with E-state index in [1.165, 1.54) is 0 Å². The average molecular weight is 456 g/mol. The van der Waals surface area contributed by atoms with Gasteiger partial charge in [-0.15, -0.1) is 0 Å². The summed E-state index contributed by atoms with van der Waals surface area (Å²) < 4.78 is 1.79. The number of aryl methyl sites for hydroxylation is 2. The molecule has 4 aromatic rings. The van der Waals surface area contributed by atoms with Crippen molar-refractivity contribution in [2.24, 2.45) is 13.0 Å². The van der Waals surface area contributed by atoms with E-state index in [-0.39, 0.29) is 17.9 Å². The van der Waals surface area contributed by atoms with Crippen molar-refractivity contribution in [3.63, 3.8) is 0 Å². The van der Waals surface area contributed by atoms with Crippen LogP contribution in [0.3, 0.4) is 0 Å². The van der Waals surface area contributed by atoms with E-state index in [0.29, 0.717) is 31.8 Å². The topological polar surface area (TPSA) is 113 Å². The fraction of sp³-hybridized carbons (Fsp3) is 0.320. The molecule has 0 radical (unpaired) electrons. The second-order valence-electron chi connectivity index (χ2n) is 9.19. The molecule has 0 atom stereocenters. The van der Waals surface area contributed by atoms with Gasteiger partial charge in [-0.25, -0.2) is 4.98 Å². The second-order valence-corrected chi connectivity index (χ2v) is 9.19. The minimum Gasteiger partial charge on any atom is -0.393 e. The third kappa shape index (κ3) is 3.58. The number of hydrogen-bond donors (Lipinski definition) is 2. The van der Waals surface area contributed by atoms with Crippen molar-refractivity contribution >= 4 is 5.91 Å². The number of nitrogens with one attached hydrogen (secondary N) is 1. The quantitative estimate of drug-likeness (QED) is 0.489. The van der Waals surface area contributed by atoms with Crippen molar-refractivity contribution in [2.45, 2.75) is 39.0 Å². The lowest BCUT2D eigenvalue weighted by atomic mass is 9.81. The summed E-state index contributed by atoms with van der Waals surface area (Å²) in [6, 6.07) is 9.89. The Balaban J connectivity index is 1.27. The van der Waals surface area contributed by atoms with Gasteiger partial charge in [0, 0.05) is 36.6 Å². The third-order valence-electron chi connectivity index (χ3n) is 6.60. The molecule has 2 aliphatic rings. The minimum absolute atomic E-state index is 0.0617. The van der Waals surface area contributed by atoms with Crippen LogP contribution in [0.5, 0.6) is 0 Å². The predicted molar refractivity (Wildman–Crippen MR) is 125 cm³/mol. The molecular formula is C25H25N7O2. The number of pyridine rings is 2. The zero-order valence-corrected chi connectivity index (χ0v) is 19.1. The Morgan fingerprint density at radius 1 is 1.15 bits per heavy atom. The number of carbonyl (C=O) groups excluding carboxylic acids is 1. The van der Waals surface area contributed by atoms with E-state index in [4.69, 9.17) is 4.98 Å². The lowest BCUT2D eigenvalue weighted by molar-refractivity contribution is -0.143. The SMILES string of the molecule is Cc1cccc(-c2nn(C)cc2-c2ccnc(-c3nc4c([nH]3)CN(C(=O)C3CC(O)C3)C4)c2)n1. The first-order chi connectivity index (χ1) is 16.4. The van der Waals surface area contributed by atoms with Crippen molar-refractivity contribution < 1.29 is 9.90 Å². The average Bonchev–Trinajstić information content (AvgIpc) is 3.50. The van der Waals surface area contributed by atoms with Gasteiger partial charge in [0.05, 0.1) is 36.3 Å². The van der Waals surface area contributed by atoms with Gasteiger partial charge in [-0.05, 0) is 49.6 Å². The van der Waals surface area contributed by atoms with Gasteiger partial charge in [0.25, 0.3) is 0 Å². The van der Waals surface area contributed by atoms with Gasteiger partial charge in [-0.2, -0.15) is 5.10 Å². The van der Waals surface area contributed by atoms with Gasteiger partial charge in [-0.3, -0.25) is 19.4 Å². The zero-order chi connectivity index (χ0) is 23.4. The Bertz CT molecular complexity index is 1380. The highest BCUT2D eigenvalue weighted by Crippen LogP contribution is 2.34. The van der Waals surface area contributed by atoms with Crippen LogP contribution in [-0.4, -0.2) is 51.7 Å². The lowest BCUT2D eigenvalue weighted by Crippen LogP contribution is -2.41. The first-order valence-electron chi connectivity index (χ1n) is 11.4. The number of aliphatic hydroxyl groups excluding tert-OH is 1. The van der Waals surface area contributed by atoms with Crippen LogP contribution in [0.25, 0.3) is 34.0 Å². The van der Waals surface area contributed by atoms with Crippen LogP contribution >= 0.6 is 0 Å². The van der Waals surface area contributed by atoms with Crippen LogP contribution in [0, 0.1) is 12.8 Å². The fourth-order valence-electron chi connectivity index (χ4n) is 4.75. The van der Waals surface area contributed by atoms with Gasteiger partial charge in [-0.1, -0.05) is 6.07 Å². The summed E-state index contributed by atoms with van der Waals surface area (Å²) in [5.74, 6) is 0.734. The number of aliphatic hydroxyl groups is 1. The molecule has 0 saturated heterocycles. The van der Waals surface area contributed by atoms with E-state index in [1.54, 1.807) is 10.9 Å². The van der Waals surface area contributed by atoms with Gasteiger partial charge in [0.15, 0.2) is 5.82 Å². The van der Waals surface area contributed by atoms with Gasteiger partial charge >= 0.3 is 0 Å². The third-order valence-corrected chi connectivity index (χ3v) is 6.60. The summed E-state index contributed by atoms with van der Waals surface area (Å²) >= 11 is 0. The van der Waals surface area contributed by atoms with Crippen LogP contribution in [0.1, 0.15) is 29.9 Å². The van der Waals surface area contributed by atoms with Gasteiger partial charge in [0.2, 0.25) is 5.91 Å². The Morgan fingerprint density at radius 2 is 2.00 bits per heavy atom. The number of aromatic nitrogens is 6. The number of hydrogen-bond acceptors (Lipinski definition) is 6. The number of nitrogens with zero attached hydrogens (tertiary/aromatic N) is 6. The smallest absolute Gasteiger partial charge is 0.226 e. The molecule has 4 aromatic heterocycles. The second kappa shape index (κ2) is 7.88. The van der Waals surface area contributed by atoms with E-state index < -0.39 is 0 Å². The maximum Gasteiger partial charge on any atom is 0.226 e. The molecule has 1 saturated carbocycles. The highest BCUT2D eigenvalue weighted by atomic mass is 16.3. The number of amides is 1. The van der Waals surface area contributed by atoms with Gasteiger partial charge < -0.3 is 15.0 Å². The molecule has 2 N–H and O–H groups in total.